The molecule has 1 saturated carbocycles. The van der Waals surface area contributed by atoms with Crippen LogP contribution in [0.4, 0.5) is 5.82 Å². The van der Waals surface area contributed by atoms with E-state index >= 15 is 0 Å². The van der Waals surface area contributed by atoms with Gasteiger partial charge in [0.15, 0.2) is 0 Å². The molecule has 2 rings (SSSR count). The molecule has 0 unspecified atom stereocenters. The number of nitrogens with zero attached hydrogens (tertiary/aromatic N) is 2. The first-order chi connectivity index (χ1) is 8.25. The minimum absolute atomic E-state index is 0.798. The lowest BCUT2D eigenvalue weighted by Gasteiger charge is -2.24. The Bertz CT molecular complexity index is 350. The fourth-order valence-corrected chi connectivity index (χ4v) is 2.74. The van der Waals surface area contributed by atoms with Gasteiger partial charge >= 0.3 is 0 Å². The van der Waals surface area contributed by atoms with Crippen molar-refractivity contribution in [2.24, 2.45) is 0 Å². The summed E-state index contributed by atoms with van der Waals surface area (Å²) in [6.07, 6.45) is 5.53. The Morgan fingerprint density at radius 2 is 2.18 bits per heavy atom. The van der Waals surface area contributed by atoms with Crippen molar-refractivity contribution in [3.63, 3.8) is 0 Å². The summed E-state index contributed by atoms with van der Waals surface area (Å²) >= 11 is 3.38. The second kappa shape index (κ2) is 6.36. The van der Waals surface area contributed by atoms with E-state index in [-0.39, 0.29) is 0 Å². The first-order valence-corrected chi connectivity index (χ1v) is 7.11. The van der Waals surface area contributed by atoms with Crippen molar-refractivity contribution in [2.75, 3.05) is 25.5 Å². The summed E-state index contributed by atoms with van der Waals surface area (Å²) < 4.78 is 0.881. The molecule has 0 amide bonds. The summed E-state index contributed by atoms with van der Waals surface area (Å²) in [6.45, 7) is 2.04. The highest BCUT2D eigenvalue weighted by atomic mass is 79.9. The van der Waals surface area contributed by atoms with Gasteiger partial charge in [-0.1, -0.05) is 18.9 Å². The summed E-state index contributed by atoms with van der Waals surface area (Å²) in [5.74, 6) is 0.944. The predicted molar refractivity (Wildman–Crippen MR) is 75.3 cm³/mol. The third-order valence-electron chi connectivity index (χ3n) is 3.43. The van der Waals surface area contributed by atoms with E-state index < -0.39 is 0 Å². The number of hydrogen-bond donors (Lipinski definition) is 1. The SMILES string of the molecule is CN(CCNc1cccc(Br)n1)C1CCCC1. The molecule has 0 aliphatic heterocycles. The summed E-state index contributed by atoms with van der Waals surface area (Å²) in [4.78, 5) is 6.82. The van der Waals surface area contributed by atoms with Crippen molar-refractivity contribution in [1.82, 2.24) is 9.88 Å². The second-order valence-corrected chi connectivity index (χ2v) is 5.50. The minimum atomic E-state index is 0.798. The van der Waals surface area contributed by atoms with Crippen LogP contribution in [-0.2, 0) is 0 Å². The topological polar surface area (TPSA) is 28.2 Å². The van der Waals surface area contributed by atoms with E-state index in [0.717, 1.165) is 29.6 Å². The Morgan fingerprint density at radius 1 is 1.41 bits per heavy atom. The molecule has 94 valence electrons. The van der Waals surface area contributed by atoms with Gasteiger partial charge in [0, 0.05) is 19.1 Å². The molecule has 0 aromatic carbocycles. The molecule has 1 N–H and O–H groups in total. The highest BCUT2D eigenvalue weighted by Crippen LogP contribution is 2.21. The first kappa shape index (κ1) is 12.8. The maximum Gasteiger partial charge on any atom is 0.127 e. The van der Waals surface area contributed by atoms with Gasteiger partial charge in [0.1, 0.15) is 10.4 Å². The largest absolute Gasteiger partial charge is 0.369 e. The van der Waals surface area contributed by atoms with Crippen molar-refractivity contribution in [2.45, 2.75) is 31.7 Å². The highest BCUT2D eigenvalue weighted by molar-refractivity contribution is 9.10. The van der Waals surface area contributed by atoms with E-state index in [2.05, 4.69) is 38.2 Å². The standard InChI is InChI=1S/C13H20BrN3/c1-17(11-5-2-3-6-11)10-9-15-13-8-4-7-12(14)16-13/h4,7-8,11H,2-3,5-6,9-10H2,1H3,(H,15,16). The average molecular weight is 298 g/mol. The lowest BCUT2D eigenvalue weighted by atomic mass is 10.2. The molecule has 0 radical (unpaired) electrons. The van der Waals surface area contributed by atoms with Gasteiger partial charge < -0.3 is 10.2 Å². The molecule has 0 bridgehead atoms. The number of halogens is 1. The van der Waals surface area contributed by atoms with E-state index in [1.54, 1.807) is 0 Å². The summed E-state index contributed by atoms with van der Waals surface area (Å²) in [7, 11) is 2.23. The molecule has 1 aromatic rings. The maximum absolute atomic E-state index is 4.35. The van der Waals surface area contributed by atoms with Crippen LogP contribution in [0, 0.1) is 0 Å². The number of hydrogen-bond acceptors (Lipinski definition) is 3. The molecular weight excluding hydrogens is 278 g/mol. The van der Waals surface area contributed by atoms with E-state index in [9.17, 15) is 0 Å². The molecule has 1 heterocycles. The molecule has 0 spiro atoms. The number of nitrogens with one attached hydrogen (secondary N) is 1. The number of anilines is 1. The molecule has 0 atom stereocenters. The van der Waals surface area contributed by atoms with Gasteiger partial charge in [-0.05, 0) is 48.0 Å². The van der Waals surface area contributed by atoms with Gasteiger partial charge in [-0.2, -0.15) is 0 Å². The van der Waals surface area contributed by atoms with Gasteiger partial charge in [0.05, 0.1) is 0 Å². The van der Waals surface area contributed by atoms with Gasteiger partial charge in [-0.25, -0.2) is 4.98 Å². The molecule has 1 aromatic heterocycles. The number of aromatic nitrogens is 1. The number of likely N-dealkylation sites (N-methyl/N-ethyl adjacent to an activating group) is 1. The van der Waals surface area contributed by atoms with Gasteiger partial charge in [-0.3, -0.25) is 0 Å². The van der Waals surface area contributed by atoms with Gasteiger partial charge in [-0.15, -0.1) is 0 Å². The Morgan fingerprint density at radius 3 is 2.88 bits per heavy atom. The fourth-order valence-electron chi connectivity index (χ4n) is 2.39. The molecule has 4 heteroatoms. The van der Waals surface area contributed by atoms with Gasteiger partial charge in [0.2, 0.25) is 0 Å². The van der Waals surface area contributed by atoms with Crippen LogP contribution in [0.1, 0.15) is 25.7 Å². The van der Waals surface area contributed by atoms with Crippen LogP contribution in [0.2, 0.25) is 0 Å². The van der Waals surface area contributed by atoms with Crippen LogP contribution in [0.15, 0.2) is 22.8 Å². The molecular formula is C13H20BrN3. The van der Waals surface area contributed by atoms with Crippen molar-refractivity contribution >= 4 is 21.7 Å². The lowest BCUT2D eigenvalue weighted by Crippen LogP contribution is -2.33. The molecule has 3 nitrogen and oxygen atoms in total. The van der Waals surface area contributed by atoms with Crippen LogP contribution in [0.3, 0.4) is 0 Å². The zero-order chi connectivity index (χ0) is 12.1. The van der Waals surface area contributed by atoms with Crippen LogP contribution < -0.4 is 5.32 Å². The maximum atomic E-state index is 4.35. The van der Waals surface area contributed by atoms with Crippen LogP contribution in [-0.4, -0.2) is 36.1 Å². The third kappa shape index (κ3) is 3.96. The summed E-state index contributed by atoms with van der Waals surface area (Å²) in [5, 5.41) is 3.36. The van der Waals surface area contributed by atoms with E-state index in [1.807, 2.05) is 18.2 Å². The quantitative estimate of drug-likeness (QED) is 0.847. The zero-order valence-electron chi connectivity index (χ0n) is 10.3. The van der Waals surface area contributed by atoms with E-state index in [4.69, 9.17) is 0 Å². The fraction of sp³-hybridized carbons (Fsp3) is 0.615. The highest BCUT2D eigenvalue weighted by Gasteiger charge is 2.18. The van der Waals surface area contributed by atoms with Crippen molar-refractivity contribution < 1.29 is 0 Å². The van der Waals surface area contributed by atoms with Crippen LogP contribution in [0.25, 0.3) is 0 Å². The molecule has 1 fully saturated rings. The zero-order valence-corrected chi connectivity index (χ0v) is 11.9. The molecule has 17 heavy (non-hydrogen) atoms. The Labute approximate surface area is 112 Å². The van der Waals surface area contributed by atoms with Crippen LogP contribution in [0.5, 0.6) is 0 Å². The Hall–Kier alpha value is -0.610. The molecule has 0 saturated heterocycles. The van der Waals surface area contributed by atoms with E-state index in [1.165, 1.54) is 25.7 Å². The minimum Gasteiger partial charge on any atom is -0.369 e. The smallest absolute Gasteiger partial charge is 0.127 e. The molecule has 1 aliphatic rings. The van der Waals surface area contributed by atoms with Crippen molar-refractivity contribution in [3.05, 3.63) is 22.8 Å². The summed E-state index contributed by atoms with van der Waals surface area (Å²) in [6, 6.07) is 6.74. The van der Waals surface area contributed by atoms with Crippen LogP contribution >= 0.6 is 15.9 Å². The second-order valence-electron chi connectivity index (χ2n) is 4.69. The van der Waals surface area contributed by atoms with E-state index in [0.29, 0.717) is 0 Å². The average Bonchev–Trinajstić information content (AvgIpc) is 2.82. The molecule has 1 aliphatic carbocycles. The summed E-state index contributed by atoms with van der Waals surface area (Å²) in [5.41, 5.74) is 0. The van der Waals surface area contributed by atoms with Gasteiger partial charge in [0.25, 0.3) is 0 Å². The predicted octanol–water partition coefficient (Wildman–Crippen LogP) is 3.13. The van der Waals surface area contributed by atoms with Crippen molar-refractivity contribution in [1.29, 1.82) is 0 Å². The van der Waals surface area contributed by atoms with Crippen molar-refractivity contribution in [3.8, 4) is 0 Å². The third-order valence-corrected chi connectivity index (χ3v) is 3.88. The monoisotopic (exact) mass is 297 g/mol. The Balaban J connectivity index is 1.71. The Kier molecular flexibility index (Phi) is 4.80. The lowest BCUT2D eigenvalue weighted by molar-refractivity contribution is 0.254. The number of pyridine rings is 1. The number of rotatable bonds is 5. The first-order valence-electron chi connectivity index (χ1n) is 6.32. The normalized spacial score (nSPS) is 16.6.